The van der Waals surface area contributed by atoms with Crippen molar-refractivity contribution in [3.63, 3.8) is 0 Å². The van der Waals surface area contributed by atoms with E-state index in [2.05, 4.69) is 0 Å². The summed E-state index contributed by atoms with van der Waals surface area (Å²) in [5, 5.41) is 20.0. The van der Waals surface area contributed by atoms with Gasteiger partial charge in [0.15, 0.2) is 0 Å². The largest absolute Gasteiger partial charge is 0.477 e. The number of hydrogen-bond donors (Lipinski definition) is 3. The topological polar surface area (TPSA) is 69.6 Å². The third kappa shape index (κ3) is 2.08. The molecule has 0 fully saturated rings. The molecule has 0 aliphatic carbocycles. The number of rotatable bonds is 2. The lowest BCUT2D eigenvalue weighted by Gasteiger charge is -2.26. The number of carbonyl (C=O) groups is 1. The lowest BCUT2D eigenvalue weighted by molar-refractivity contribution is -0.263. The van der Waals surface area contributed by atoms with Crippen LogP contribution in [-0.2, 0) is 0 Å². The van der Waals surface area contributed by atoms with Gasteiger partial charge in [0.05, 0.1) is 0 Å². The van der Waals surface area contributed by atoms with Crippen LogP contribution in [0.5, 0.6) is 0 Å². The molecule has 1 aromatic heterocycles. The van der Waals surface area contributed by atoms with E-state index in [1.807, 2.05) is 5.32 Å². The zero-order valence-electron chi connectivity index (χ0n) is 8.78. The highest BCUT2D eigenvalue weighted by Crippen LogP contribution is 2.41. The van der Waals surface area contributed by atoms with Gasteiger partial charge in [-0.3, -0.25) is 0 Å². The quantitative estimate of drug-likeness (QED) is 0.774. The molecule has 2 rings (SSSR count). The zero-order chi connectivity index (χ0) is 13.6. The van der Waals surface area contributed by atoms with Gasteiger partial charge in [0.2, 0.25) is 5.72 Å². The van der Waals surface area contributed by atoms with E-state index in [0.717, 1.165) is 17.5 Å². The van der Waals surface area contributed by atoms with Gasteiger partial charge in [-0.25, -0.2) is 4.79 Å². The molecule has 0 saturated carbocycles. The number of thiophene rings is 1. The highest BCUT2D eigenvalue weighted by Gasteiger charge is 2.56. The molecule has 3 N–H and O–H groups in total. The van der Waals surface area contributed by atoms with Crippen LogP contribution < -0.4 is 5.32 Å². The van der Waals surface area contributed by atoms with E-state index < -0.39 is 24.3 Å². The van der Waals surface area contributed by atoms with Crippen LogP contribution in [0.4, 0.5) is 13.2 Å². The molecule has 1 unspecified atom stereocenters. The maximum absolute atomic E-state index is 12.5. The molecule has 1 aromatic rings. The average Bonchev–Trinajstić information content (AvgIpc) is 2.82. The van der Waals surface area contributed by atoms with Crippen molar-refractivity contribution < 1.29 is 28.2 Å². The number of alkyl halides is 3. The third-order valence-electron chi connectivity index (χ3n) is 2.53. The van der Waals surface area contributed by atoms with E-state index in [9.17, 15) is 23.1 Å². The summed E-state index contributed by atoms with van der Waals surface area (Å²) in [6.45, 7) is 0. The van der Waals surface area contributed by atoms with Crippen molar-refractivity contribution in [2.75, 3.05) is 0 Å². The number of halogens is 3. The standard InChI is InChI=1S/C10H8F3NO3S/c11-10(12,13)9(17)3-5(4-14-9)6-1-2-7(18-6)8(15)16/h1-2,4,14,17H,3H2,(H,15,16). The first-order valence-electron chi connectivity index (χ1n) is 4.82. The Kier molecular flexibility index (Phi) is 2.86. The molecular formula is C10H8F3NO3S. The highest BCUT2D eigenvalue weighted by atomic mass is 32.1. The van der Waals surface area contributed by atoms with E-state index in [0.29, 0.717) is 4.88 Å². The zero-order valence-corrected chi connectivity index (χ0v) is 9.60. The van der Waals surface area contributed by atoms with Crippen LogP contribution in [0.3, 0.4) is 0 Å². The summed E-state index contributed by atoms with van der Waals surface area (Å²) in [5.74, 6) is -1.14. The Balaban J connectivity index is 2.20. The summed E-state index contributed by atoms with van der Waals surface area (Å²) in [6.07, 6.45) is -4.38. The molecule has 1 atom stereocenters. The summed E-state index contributed by atoms with van der Waals surface area (Å²) in [5.41, 5.74) is -2.75. The molecule has 0 bridgehead atoms. The molecule has 0 aromatic carbocycles. The third-order valence-corrected chi connectivity index (χ3v) is 3.68. The van der Waals surface area contributed by atoms with Gasteiger partial charge in [-0.2, -0.15) is 13.2 Å². The fourth-order valence-electron chi connectivity index (χ4n) is 1.55. The lowest BCUT2D eigenvalue weighted by atomic mass is 10.1. The summed E-state index contributed by atoms with van der Waals surface area (Å²) in [7, 11) is 0. The molecule has 1 aliphatic rings. The Hall–Kier alpha value is -1.54. The van der Waals surface area contributed by atoms with Crippen LogP contribution in [0.1, 0.15) is 21.0 Å². The van der Waals surface area contributed by atoms with Gasteiger partial charge in [-0.15, -0.1) is 11.3 Å². The predicted octanol–water partition coefficient (Wildman–Crippen LogP) is 2.03. The number of carboxylic acid groups (broad SMARTS) is 1. The minimum absolute atomic E-state index is 0.0355. The Bertz CT molecular complexity index is 523. The predicted molar refractivity (Wildman–Crippen MR) is 58.0 cm³/mol. The van der Waals surface area contributed by atoms with E-state index in [1.165, 1.54) is 12.1 Å². The molecule has 18 heavy (non-hydrogen) atoms. The van der Waals surface area contributed by atoms with E-state index in [1.54, 1.807) is 0 Å². The van der Waals surface area contributed by atoms with Gasteiger partial charge in [0.1, 0.15) is 4.88 Å². The van der Waals surface area contributed by atoms with Gasteiger partial charge in [0.25, 0.3) is 0 Å². The number of nitrogens with one attached hydrogen (secondary N) is 1. The van der Waals surface area contributed by atoms with Crippen molar-refractivity contribution in [2.45, 2.75) is 18.3 Å². The molecular weight excluding hydrogens is 271 g/mol. The number of hydrogen-bond acceptors (Lipinski definition) is 4. The second kappa shape index (κ2) is 3.99. The molecule has 0 saturated heterocycles. The Labute approximate surface area is 103 Å². The maximum Gasteiger partial charge on any atom is 0.436 e. The second-order valence-electron chi connectivity index (χ2n) is 3.82. The van der Waals surface area contributed by atoms with E-state index in [4.69, 9.17) is 5.11 Å². The van der Waals surface area contributed by atoms with Gasteiger partial charge in [0, 0.05) is 17.5 Å². The van der Waals surface area contributed by atoms with Crippen molar-refractivity contribution in [3.8, 4) is 0 Å². The summed E-state index contributed by atoms with van der Waals surface area (Å²) < 4.78 is 37.6. The number of aromatic carboxylic acids is 1. The van der Waals surface area contributed by atoms with Gasteiger partial charge >= 0.3 is 12.1 Å². The Morgan fingerprint density at radius 3 is 2.56 bits per heavy atom. The van der Waals surface area contributed by atoms with Crippen LogP contribution in [0.2, 0.25) is 0 Å². The normalized spacial score (nSPS) is 23.7. The highest BCUT2D eigenvalue weighted by molar-refractivity contribution is 7.15. The Morgan fingerprint density at radius 2 is 2.11 bits per heavy atom. The smallest absolute Gasteiger partial charge is 0.436 e. The van der Waals surface area contributed by atoms with Crippen LogP contribution in [0, 0.1) is 0 Å². The Morgan fingerprint density at radius 1 is 1.44 bits per heavy atom. The minimum Gasteiger partial charge on any atom is -0.477 e. The average molecular weight is 279 g/mol. The SMILES string of the molecule is O=C(O)c1ccc(C2=CNC(O)(C(F)(F)F)C2)s1. The summed E-state index contributed by atoms with van der Waals surface area (Å²) in [4.78, 5) is 11.1. The van der Waals surface area contributed by atoms with Crippen molar-refractivity contribution >= 4 is 22.9 Å². The van der Waals surface area contributed by atoms with Crippen LogP contribution in [-0.4, -0.2) is 28.1 Å². The summed E-state index contributed by atoms with van der Waals surface area (Å²) >= 11 is 0.863. The molecule has 4 nitrogen and oxygen atoms in total. The van der Waals surface area contributed by atoms with Gasteiger partial charge in [-0.1, -0.05) is 0 Å². The molecule has 2 heterocycles. The summed E-state index contributed by atoms with van der Waals surface area (Å²) in [6, 6.07) is 2.73. The van der Waals surface area contributed by atoms with Gasteiger partial charge < -0.3 is 15.5 Å². The van der Waals surface area contributed by atoms with Crippen molar-refractivity contribution in [3.05, 3.63) is 28.1 Å². The molecule has 0 radical (unpaired) electrons. The monoisotopic (exact) mass is 279 g/mol. The van der Waals surface area contributed by atoms with Crippen LogP contribution >= 0.6 is 11.3 Å². The number of carboxylic acids is 1. The fourth-order valence-corrected chi connectivity index (χ4v) is 2.41. The first-order chi connectivity index (χ1) is 8.23. The van der Waals surface area contributed by atoms with Crippen molar-refractivity contribution in [1.82, 2.24) is 5.32 Å². The first kappa shape index (κ1) is 12.9. The lowest BCUT2D eigenvalue weighted by Crippen LogP contribution is -2.52. The molecule has 1 aliphatic heterocycles. The van der Waals surface area contributed by atoms with Crippen molar-refractivity contribution in [2.24, 2.45) is 0 Å². The van der Waals surface area contributed by atoms with Crippen LogP contribution in [0.15, 0.2) is 18.3 Å². The molecule has 0 amide bonds. The van der Waals surface area contributed by atoms with Crippen LogP contribution in [0.25, 0.3) is 5.57 Å². The van der Waals surface area contributed by atoms with Crippen molar-refractivity contribution in [1.29, 1.82) is 0 Å². The second-order valence-corrected chi connectivity index (χ2v) is 4.90. The minimum atomic E-state index is -4.79. The molecule has 8 heteroatoms. The van der Waals surface area contributed by atoms with E-state index in [-0.39, 0.29) is 10.5 Å². The fraction of sp³-hybridized carbons (Fsp3) is 0.300. The first-order valence-corrected chi connectivity index (χ1v) is 5.64. The van der Waals surface area contributed by atoms with Gasteiger partial charge in [-0.05, 0) is 17.7 Å². The van der Waals surface area contributed by atoms with E-state index >= 15 is 0 Å². The number of aliphatic hydroxyl groups is 1. The molecule has 98 valence electrons. The maximum atomic E-state index is 12.5. The molecule has 0 spiro atoms.